The Kier molecular flexibility index (Phi) is 20.0. The van der Waals surface area contributed by atoms with Gasteiger partial charge in [-0.05, 0) is 6.42 Å². The Labute approximate surface area is 60.0 Å². The van der Waals surface area contributed by atoms with Crippen molar-refractivity contribution < 1.29 is 5.21 Å². The summed E-state index contributed by atoms with van der Waals surface area (Å²) in [5.41, 5.74) is 0. The van der Waals surface area contributed by atoms with E-state index in [1.54, 1.807) is 0 Å². The van der Waals surface area contributed by atoms with Gasteiger partial charge in [0.1, 0.15) is 0 Å². The number of nitrogens with zero attached hydrogens (tertiary/aromatic N) is 1. The van der Waals surface area contributed by atoms with Crippen molar-refractivity contribution in [3.63, 3.8) is 0 Å². The van der Waals surface area contributed by atoms with Crippen LogP contribution in [0.1, 0.15) is 26.2 Å². The highest BCUT2D eigenvalue weighted by atomic mass is 35.5. The highest BCUT2D eigenvalue weighted by Crippen LogP contribution is 1.93. The Bertz CT molecular complexity index is 48.2. The van der Waals surface area contributed by atoms with Gasteiger partial charge < -0.3 is 5.21 Å². The first-order valence-electron chi connectivity index (χ1n) is 2.86. The molecule has 0 unspecified atom stereocenters. The predicted octanol–water partition coefficient (Wildman–Crippen LogP) is 2.56. The van der Waals surface area contributed by atoms with Gasteiger partial charge in [-0.15, -0.1) is 16.5 Å². The Morgan fingerprint density at radius 1 is 1.56 bits per heavy atom. The summed E-state index contributed by atoms with van der Waals surface area (Å²) in [7, 11) is 0. The van der Waals surface area contributed by atoms with Crippen LogP contribution in [-0.2, 0) is 0 Å². The smallest absolute Gasteiger partial charge is 0.152 e. The minimum atomic E-state index is 0.827. The molecule has 0 rings (SSSR count). The fourth-order valence-corrected chi connectivity index (χ4v) is 0.533. The molecule has 0 aromatic heterocycles. The second-order valence-corrected chi connectivity index (χ2v) is 1.86. The van der Waals surface area contributed by atoms with Crippen LogP contribution in [0.2, 0.25) is 0 Å². The molecule has 0 aromatic rings. The van der Waals surface area contributed by atoms with Crippen LogP contribution in [0.4, 0.5) is 0 Å². The molecule has 0 spiro atoms. The standard InChI is InChI=1S/C5H11Cl.HNO2/c1-2-3-4-5-6;2-1-3/h2-5H2,1H3;(H,2,3). The summed E-state index contributed by atoms with van der Waals surface area (Å²) in [5.74, 6) is 0.827. The zero-order valence-corrected chi connectivity index (χ0v) is 6.26. The lowest BCUT2D eigenvalue weighted by Gasteiger charge is -1.84. The van der Waals surface area contributed by atoms with Crippen LogP contribution in [0.25, 0.3) is 0 Å². The molecular weight excluding hydrogens is 142 g/mol. The summed E-state index contributed by atoms with van der Waals surface area (Å²) in [6.45, 7) is 2.17. The second kappa shape index (κ2) is 15.6. The number of alkyl halides is 1. The van der Waals surface area contributed by atoms with E-state index < -0.39 is 0 Å². The molecule has 0 bridgehead atoms. The summed E-state index contributed by atoms with van der Waals surface area (Å²) in [6.07, 6.45) is 3.73. The fourth-order valence-electron chi connectivity index (χ4n) is 0.344. The molecule has 0 atom stereocenters. The molecule has 0 saturated carbocycles. The number of rotatable bonds is 3. The topological polar surface area (TPSA) is 49.7 Å². The van der Waals surface area contributed by atoms with Crippen LogP contribution in [0.5, 0.6) is 0 Å². The molecule has 1 N–H and O–H groups in total. The monoisotopic (exact) mass is 153 g/mol. The lowest BCUT2D eigenvalue weighted by Crippen LogP contribution is -1.70. The Morgan fingerprint density at radius 2 is 2.00 bits per heavy atom. The molecule has 0 saturated heterocycles. The third-order valence-corrected chi connectivity index (χ3v) is 1.00. The van der Waals surface area contributed by atoms with Crippen LogP contribution in [0, 0.1) is 4.91 Å². The first-order chi connectivity index (χ1) is 4.33. The highest BCUT2D eigenvalue weighted by molar-refractivity contribution is 6.17. The molecule has 0 aliphatic carbocycles. The first-order valence-corrected chi connectivity index (χ1v) is 3.39. The molecule has 0 radical (unpaired) electrons. The average molecular weight is 154 g/mol. The number of hydrogen-bond donors (Lipinski definition) is 1. The molecule has 4 heteroatoms. The largest absolute Gasteiger partial charge is 0.379 e. The molecule has 3 nitrogen and oxygen atoms in total. The normalized spacial score (nSPS) is 7.33. The lowest BCUT2D eigenvalue weighted by molar-refractivity contribution is 0.312. The van der Waals surface area contributed by atoms with Gasteiger partial charge in [0.05, 0.1) is 0 Å². The van der Waals surface area contributed by atoms with Crippen molar-refractivity contribution in [3.8, 4) is 0 Å². The summed E-state index contributed by atoms with van der Waals surface area (Å²) in [5, 5.41) is 7.89. The van der Waals surface area contributed by atoms with E-state index in [9.17, 15) is 0 Å². The average Bonchev–Trinajstić information content (AvgIpc) is 1.86. The van der Waals surface area contributed by atoms with E-state index in [4.69, 9.17) is 21.7 Å². The number of hydrogen-bond acceptors (Lipinski definition) is 2. The second-order valence-electron chi connectivity index (χ2n) is 1.48. The van der Waals surface area contributed by atoms with Crippen molar-refractivity contribution >= 4 is 11.6 Å². The van der Waals surface area contributed by atoms with Gasteiger partial charge in [0.2, 0.25) is 0 Å². The fraction of sp³-hybridized carbons (Fsp3) is 1.00. The van der Waals surface area contributed by atoms with Crippen LogP contribution in [0.15, 0.2) is 5.34 Å². The van der Waals surface area contributed by atoms with E-state index in [1.165, 1.54) is 24.6 Å². The predicted molar refractivity (Wildman–Crippen MR) is 37.8 cm³/mol. The van der Waals surface area contributed by atoms with E-state index in [-0.39, 0.29) is 0 Å². The van der Waals surface area contributed by atoms with Gasteiger partial charge in [0, 0.05) is 5.88 Å². The van der Waals surface area contributed by atoms with Crippen molar-refractivity contribution in [2.75, 3.05) is 5.88 Å². The summed E-state index contributed by atoms with van der Waals surface area (Å²) in [4.78, 5) is 8.11. The van der Waals surface area contributed by atoms with Gasteiger partial charge in [0.25, 0.3) is 0 Å². The van der Waals surface area contributed by atoms with Crippen LogP contribution in [0.3, 0.4) is 0 Å². The summed E-state index contributed by atoms with van der Waals surface area (Å²) >= 11 is 5.38. The maximum absolute atomic E-state index is 8.11. The van der Waals surface area contributed by atoms with Crippen molar-refractivity contribution in [1.29, 1.82) is 0 Å². The highest BCUT2D eigenvalue weighted by Gasteiger charge is 1.76. The molecular formula is C5H12ClNO2. The van der Waals surface area contributed by atoms with Crippen molar-refractivity contribution in [2.45, 2.75) is 26.2 Å². The van der Waals surface area contributed by atoms with Gasteiger partial charge in [-0.1, -0.05) is 19.8 Å². The Hall–Kier alpha value is -0.310. The number of halogens is 1. The summed E-state index contributed by atoms with van der Waals surface area (Å²) in [6, 6.07) is 0. The van der Waals surface area contributed by atoms with Gasteiger partial charge >= 0.3 is 0 Å². The van der Waals surface area contributed by atoms with Gasteiger partial charge in [-0.2, -0.15) is 0 Å². The molecule has 9 heavy (non-hydrogen) atoms. The molecule has 0 amide bonds. The van der Waals surface area contributed by atoms with E-state index in [0.29, 0.717) is 0 Å². The van der Waals surface area contributed by atoms with Crippen LogP contribution < -0.4 is 0 Å². The minimum absolute atomic E-state index is 0.827. The molecule has 0 aliphatic rings. The maximum atomic E-state index is 8.11. The van der Waals surface area contributed by atoms with E-state index in [0.717, 1.165) is 5.88 Å². The molecule has 0 aromatic carbocycles. The quantitative estimate of drug-likeness (QED) is 0.293. The lowest BCUT2D eigenvalue weighted by atomic mass is 10.3. The van der Waals surface area contributed by atoms with Crippen molar-refractivity contribution in [1.82, 2.24) is 0 Å². The summed E-state index contributed by atoms with van der Waals surface area (Å²) < 4.78 is 0. The van der Waals surface area contributed by atoms with E-state index in [1.807, 2.05) is 0 Å². The maximum Gasteiger partial charge on any atom is 0.152 e. The Balaban J connectivity index is 0. The van der Waals surface area contributed by atoms with Crippen LogP contribution >= 0.6 is 11.6 Å². The molecule has 56 valence electrons. The SMILES string of the molecule is CCCCCCl.O=NO. The Morgan fingerprint density at radius 3 is 2.11 bits per heavy atom. The van der Waals surface area contributed by atoms with E-state index in [2.05, 4.69) is 6.92 Å². The molecule has 0 heterocycles. The number of unbranched alkanes of at least 4 members (excludes halogenated alkanes) is 2. The zero-order valence-electron chi connectivity index (χ0n) is 5.51. The zero-order chi connectivity index (χ0) is 7.54. The van der Waals surface area contributed by atoms with Crippen molar-refractivity contribution in [2.24, 2.45) is 5.34 Å². The third-order valence-electron chi connectivity index (χ3n) is 0.737. The van der Waals surface area contributed by atoms with Crippen LogP contribution in [-0.4, -0.2) is 11.1 Å². The minimum Gasteiger partial charge on any atom is -0.379 e. The van der Waals surface area contributed by atoms with Gasteiger partial charge in [-0.25, -0.2) is 0 Å². The van der Waals surface area contributed by atoms with Gasteiger partial charge in [0.15, 0.2) is 5.34 Å². The van der Waals surface area contributed by atoms with Gasteiger partial charge in [-0.3, -0.25) is 0 Å². The van der Waals surface area contributed by atoms with E-state index >= 15 is 0 Å². The first kappa shape index (κ1) is 11.5. The third kappa shape index (κ3) is 34.4. The molecule has 0 aliphatic heterocycles. The van der Waals surface area contributed by atoms with Crippen molar-refractivity contribution in [3.05, 3.63) is 4.91 Å². The molecule has 0 fully saturated rings.